The molecule has 0 N–H and O–H groups in total. The summed E-state index contributed by atoms with van der Waals surface area (Å²) in [5.41, 5.74) is 3.09. The van der Waals surface area contributed by atoms with Crippen LogP contribution in [0.4, 0.5) is 0 Å². The molecule has 0 aliphatic carbocycles. The molecule has 0 unspecified atom stereocenters. The quantitative estimate of drug-likeness (QED) is 0.487. The molecule has 7 heteroatoms. The standard InChI is InChI=1S/C18H19ClN4OS/c1-13-4-10-16(11-5-13)23-17(14-6-8-15(19)9-7-14)20-22(18(23)25)12-21(2)24-3/h4-11H,12H2,1-3H3. The Morgan fingerprint density at radius 2 is 1.76 bits per heavy atom. The molecule has 2 aromatic carbocycles. The second-order valence-electron chi connectivity index (χ2n) is 5.74. The predicted molar refractivity (Wildman–Crippen MR) is 102 cm³/mol. The Hall–Kier alpha value is -1.99. The van der Waals surface area contributed by atoms with E-state index in [9.17, 15) is 0 Å². The smallest absolute Gasteiger partial charge is 0.204 e. The zero-order valence-electron chi connectivity index (χ0n) is 14.3. The minimum atomic E-state index is 0.425. The number of aromatic nitrogens is 3. The summed E-state index contributed by atoms with van der Waals surface area (Å²) < 4.78 is 4.29. The van der Waals surface area contributed by atoms with Gasteiger partial charge in [0.15, 0.2) is 5.82 Å². The summed E-state index contributed by atoms with van der Waals surface area (Å²) in [7, 11) is 3.44. The van der Waals surface area contributed by atoms with Crippen molar-refractivity contribution in [1.82, 2.24) is 19.4 Å². The van der Waals surface area contributed by atoms with E-state index >= 15 is 0 Å². The van der Waals surface area contributed by atoms with Gasteiger partial charge in [0.1, 0.15) is 6.67 Å². The number of hydrogen-bond donors (Lipinski definition) is 0. The van der Waals surface area contributed by atoms with E-state index in [0.29, 0.717) is 16.5 Å². The Bertz CT molecular complexity index is 916. The largest absolute Gasteiger partial charge is 0.301 e. The second-order valence-corrected chi connectivity index (χ2v) is 6.54. The molecule has 0 saturated carbocycles. The van der Waals surface area contributed by atoms with Crippen molar-refractivity contribution in [2.24, 2.45) is 0 Å². The summed E-state index contributed by atoms with van der Waals surface area (Å²) in [5, 5.41) is 7.05. The zero-order chi connectivity index (χ0) is 18.0. The molecule has 0 atom stereocenters. The van der Waals surface area contributed by atoms with E-state index in [1.165, 1.54) is 5.56 Å². The van der Waals surface area contributed by atoms with Crippen LogP contribution in [0.25, 0.3) is 17.1 Å². The van der Waals surface area contributed by atoms with Crippen molar-refractivity contribution in [3.63, 3.8) is 0 Å². The lowest BCUT2D eigenvalue weighted by Gasteiger charge is -2.12. The number of halogens is 1. The topological polar surface area (TPSA) is 35.2 Å². The molecule has 0 aliphatic rings. The van der Waals surface area contributed by atoms with E-state index in [1.54, 1.807) is 16.9 Å². The first-order valence-electron chi connectivity index (χ1n) is 7.77. The second kappa shape index (κ2) is 7.49. The lowest BCUT2D eigenvalue weighted by atomic mass is 10.2. The Morgan fingerprint density at radius 3 is 2.36 bits per heavy atom. The maximum atomic E-state index is 6.02. The Morgan fingerprint density at radius 1 is 1.12 bits per heavy atom. The van der Waals surface area contributed by atoms with Crippen molar-refractivity contribution >= 4 is 23.8 Å². The fraction of sp³-hybridized carbons (Fsp3) is 0.222. The summed E-state index contributed by atoms with van der Waals surface area (Å²) >= 11 is 11.7. The average molecular weight is 375 g/mol. The van der Waals surface area contributed by atoms with Gasteiger partial charge in [-0.2, -0.15) is 5.06 Å². The SMILES string of the molecule is CON(C)Cn1nc(-c2ccc(Cl)cc2)n(-c2ccc(C)cc2)c1=S. The summed E-state index contributed by atoms with van der Waals surface area (Å²) in [6, 6.07) is 15.8. The van der Waals surface area contributed by atoms with Gasteiger partial charge < -0.3 is 4.84 Å². The number of nitrogens with zero attached hydrogens (tertiary/aromatic N) is 4. The van der Waals surface area contributed by atoms with E-state index in [4.69, 9.17) is 33.8 Å². The van der Waals surface area contributed by atoms with Gasteiger partial charge >= 0.3 is 0 Å². The molecule has 0 saturated heterocycles. The number of aryl methyl sites for hydroxylation is 1. The van der Waals surface area contributed by atoms with Gasteiger partial charge in [0.2, 0.25) is 4.77 Å². The van der Waals surface area contributed by atoms with Crippen LogP contribution in [-0.4, -0.2) is 33.6 Å². The van der Waals surface area contributed by atoms with E-state index in [2.05, 4.69) is 19.1 Å². The first-order chi connectivity index (χ1) is 12.0. The van der Waals surface area contributed by atoms with Crippen molar-refractivity contribution in [3.8, 4) is 17.1 Å². The van der Waals surface area contributed by atoms with Crippen LogP contribution < -0.4 is 0 Å². The number of benzene rings is 2. The zero-order valence-corrected chi connectivity index (χ0v) is 15.9. The molecule has 0 radical (unpaired) electrons. The Balaban J connectivity index is 2.17. The molecule has 1 aromatic heterocycles. The fourth-order valence-electron chi connectivity index (χ4n) is 2.46. The molecule has 130 valence electrons. The van der Waals surface area contributed by atoms with Gasteiger partial charge in [-0.05, 0) is 55.5 Å². The van der Waals surface area contributed by atoms with Gasteiger partial charge in [-0.1, -0.05) is 29.3 Å². The van der Waals surface area contributed by atoms with Crippen molar-refractivity contribution in [1.29, 1.82) is 0 Å². The summed E-state index contributed by atoms with van der Waals surface area (Å²) in [6.07, 6.45) is 0. The maximum absolute atomic E-state index is 6.02. The minimum absolute atomic E-state index is 0.425. The predicted octanol–water partition coefficient (Wildman–Crippen LogP) is 4.48. The highest BCUT2D eigenvalue weighted by Crippen LogP contribution is 2.24. The Labute approximate surface area is 157 Å². The first kappa shape index (κ1) is 17.8. The van der Waals surface area contributed by atoms with Crippen molar-refractivity contribution in [3.05, 3.63) is 63.9 Å². The third-order valence-electron chi connectivity index (χ3n) is 3.88. The molecule has 3 aromatic rings. The van der Waals surface area contributed by atoms with Crippen molar-refractivity contribution in [2.75, 3.05) is 14.2 Å². The minimum Gasteiger partial charge on any atom is -0.301 e. The molecule has 3 rings (SSSR count). The maximum Gasteiger partial charge on any atom is 0.204 e. The number of hydroxylamine groups is 2. The van der Waals surface area contributed by atoms with Crippen LogP contribution in [-0.2, 0) is 11.5 Å². The van der Waals surface area contributed by atoms with Gasteiger partial charge in [0.05, 0.1) is 7.11 Å². The number of rotatable bonds is 5. The molecule has 0 amide bonds. The summed E-state index contributed by atoms with van der Waals surface area (Å²) in [6.45, 7) is 2.48. The van der Waals surface area contributed by atoms with E-state index in [-0.39, 0.29) is 0 Å². The lowest BCUT2D eigenvalue weighted by Crippen LogP contribution is -2.21. The normalized spacial score (nSPS) is 11.2. The summed E-state index contributed by atoms with van der Waals surface area (Å²) in [4.78, 5) is 5.20. The van der Waals surface area contributed by atoms with Crippen LogP contribution in [0.1, 0.15) is 5.56 Å². The van der Waals surface area contributed by atoms with Gasteiger partial charge in [-0.15, -0.1) is 5.10 Å². The van der Waals surface area contributed by atoms with E-state index in [0.717, 1.165) is 17.1 Å². The summed E-state index contributed by atoms with van der Waals surface area (Å²) in [5.74, 6) is 0.759. The molecule has 0 aliphatic heterocycles. The molecular formula is C18H19ClN4OS. The molecule has 0 bridgehead atoms. The van der Waals surface area contributed by atoms with Crippen LogP contribution >= 0.6 is 23.8 Å². The van der Waals surface area contributed by atoms with Gasteiger partial charge in [-0.3, -0.25) is 4.57 Å². The van der Waals surface area contributed by atoms with E-state index < -0.39 is 0 Å². The van der Waals surface area contributed by atoms with Crippen molar-refractivity contribution in [2.45, 2.75) is 13.6 Å². The Kier molecular flexibility index (Phi) is 5.34. The lowest BCUT2D eigenvalue weighted by molar-refractivity contribution is -0.134. The van der Waals surface area contributed by atoms with Crippen LogP contribution in [0.2, 0.25) is 5.02 Å². The van der Waals surface area contributed by atoms with Crippen LogP contribution in [0.5, 0.6) is 0 Å². The molecular weight excluding hydrogens is 356 g/mol. The van der Waals surface area contributed by atoms with Gasteiger partial charge in [0.25, 0.3) is 0 Å². The number of hydrogen-bond acceptors (Lipinski definition) is 4. The molecule has 0 fully saturated rings. The highest BCUT2D eigenvalue weighted by molar-refractivity contribution is 7.71. The average Bonchev–Trinajstić information content (AvgIpc) is 2.93. The van der Waals surface area contributed by atoms with Crippen LogP contribution in [0.15, 0.2) is 48.5 Å². The van der Waals surface area contributed by atoms with Gasteiger partial charge in [0, 0.05) is 23.3 Å². The molecule has 25 heavy (non-hydrogen) atoms. The molecule has 0 spiro atoms. The third kappa shape index (κ3) is 3.82. The third-order valence-corrected chi connectivity index (χ3v) is 4.52. The molecule has 5 nitrogen and oxygen atoms in total. The van der Waals surface area contributed by atoms with Crippen LogP contribution in [0, 0.1) is 11.7 Å². The monoisotopic (exact) mass is 374 g/mol. The van der Waals surface area contributed by atoms with E-state index in [1.807, 2.05) is 48.0 Å². The highest BCUT2D eigenvalue weighted by atomic mass is 35.5. The van der Waals surface area contributed by atoms with Crippen LogP contribution in [0.3, 0.4) is 0 Å². The first-order valence-corrected chi connectivity index (χ1v) is 8.56. The van der Waals surface area contributed by atoms with Gasteiger partial charge in [-0.25, -0.2) is 4.68 Å². The highest BCUT2D eigenvalue weighted by Gasteiger charge is 2.15. The molecule has 1 heterocycles. The fourth-order valence-corrected chi connectivity index (χ4v) is 2.88. The van der Waals surface area contributed by atoms with Crippen molar-refractivity contribution < 1.29 is 4.84 Å².